The number of hydrogen-bond donors (Lipinski definition) is 2. The third kappa shape index (κ3) is 4.61. The predicted molar refractivity (Wildman–Crippen MR) is 118 cm³/mol. The third-order valence-corrected chi connectivity index (χ3v) is 5.81. The topological polar surface area (TPSA) is 101 Å². The summed E-state index contributed by atoms with van der Waals surface area (Å²) in [5.74, 6) is -2.87. The molecule has 1 atom stereocenters. The van der Waals surface area contributed by atoms with Crippen molar-refractivity contribution in [2.45, 2.75) is 40.2 Å². The number of nitrogens with one attached hydrogen (secondary N) is 1. The number of aromatic amines is 1. The van der Waals surface area contributed by atoms with Gasteiger partial charge in [-0.2, -0.15) is 0 Å². The summed E-state index contributed by atoms with van der Waals surface area (Å²) in [6.07, 6.45) is 0.447. The van der Waals surface area contributed by atoms with Crippen LogP contribution in [0.5, 0.6) is 5.75 Å². The number of ether oxygens (including phenoxy) is 1. The monoisotopic (exact) mass is 473 g/mol. The van der Waals surface area contributed by atoms with Crippen molar-refractivity contribution in [3.8, 4) is 5.75 Å². The third-order valence-electron chi connectivity index (χ3n) is 5.81. The first kappa shape index (κ1) is 23.3. The summed E-state index contributed by atoms with van der Waals surface area (Å²) in [6, 6.07) is 4.49. The molecule has 2 heterocycles. The van der Waals surface area contributed by atoms with Gasteiger partial charge in [-0.15, -0.1) is 0 Å². The van der Waals surface area contributed by atoms with Gasteiger partial charge in [-0.05, 0) is 54.8 Å². The standard InChI is InChI=1S/C24H22F3N3O4/c1-11-7-20(33-10-21-29-24(32)34-30-21)22(27)13(3)15(11)9-18-12(2)6-19(31)23(28-18)16-8-14(25)4-5-17(16)26/h4-5,7-8,12,31H,6,9-10H2,1-3H3,(H,29,30,32). The highest BCUT2D eigenvalue weighted by Crippen LogP contribution is 2.34. The molecule has 2 N–H and O–H groups in total. The Labute approximate surface area is 192 Å². The highest BCUT2D eigenvalue weighted by Gasteiger charge is 2.26. The zero-order valence-electron chi connectivity index (χ0n) is 18.7. The summed E-state index contributed by atoms with van der Waals surface area (Å²) < 4.78 is 53.0. The van der Waals surface area contributed by atoms with Crippen LogP contribution in [0.2, 0.25) is 0 Å². The van der Waals surface area contributed by atoms with Crippen LogP contribution in [-0.2, 0) is 13.0 Å². The summed E-state index contributed by atoms with van der Waals surface area (Å²) in [5.41, 5.74) is 2.20. The molecule has 34 heavy (non-hydrogen) atoms. The summed E-state index contributed by atoms with van der Waals surface area (Å²) in [7, 11) is 0. The van der Waals surface area contributed by atoms with E-state index in [1.807, 2.05) is 6.92 Å². The Morgan fingerprint density at radius 2 is 2.00 bits per heavy atom. The van der Waals surface area contributed by atoms with Gasteiger partial charge in [0.25, 0.3) is 0 Å². The van der Waals surface area contributed by atoms with Crippen molar-refractivity contribution in [1.82, 2.24) is 10.1 Å². The number of allylic oxidation sites excluding steroid dienone is 1. The number of rotatable bonds is 6. The van der Waals surface area contributed by atoms with Crippen LogP contribution in [0, 0.1) is 37.2 Å². The van der Waals surface area contributed by atoms with E-state index in [9.17, 15) is 18.7 Å². The lowest BCUT2D eigenvalue weighted by molar-refractivity contribution is 0.271. The Morgan fingerprint density at radius 3 is 2.71 bits per heavy atom. The van der Waals surface area contributed by atoms with E-state index in [0.29, 0.717) is 16.8 Å². The van der Waals surface area contributed by atoms with Gasteiger partial charge in [0.2, 0.25) is 0 Å². The summed E-state index contributed by atoms with van der Waals surface area (Å²) in [5, 5.41) is 13.9. The van der Waals surface area contributed by atoms with Crippen molar-refractivity contribution in [1.29, 1.82) is 0 Å². The van der Waals surface area contributed by atoms with Crippen LogP contribution in [0.4, 0.5) is 13.2 Å². The molecule has 0 amide bonds. The first-order valence-corrected chi connectivity index (χ1v) is 10.5. The van der Waals surface area contributed by atoms with Crippen molar-refractivity contribution in [2.24, 2.45) is 10.9 Å². The predicted octanol–water partition coefficient (Wildman–Crippen LogP) is 4.93. The average Bonchev–Trinajstić information content (AvgIpc) is 3.21. The Bertz CT molecular complexity index is 1370. The van der Waals surface area contributed by atoms with Crippen LogP contribution >= 0.6 is 0 Å². The molecule has 0 fully saturated rings. The second-order valence-corrected chi connectivity index (χ2v) is 8.24. The van der Waals surface area contributed by atoms with Crippen LogP contribution < -0.4 is 10.5 Å². The number of aliphatic hydroxyl groups excluding tert-OH is 1. The minimum absolute atomic E-state index is 0.0127. The van der Waals surface area contributed by atoms with Gasteiger partial charge in [0.05, 0.1) is 0 Å². The van der Waals surface area contributed by atoms with Crippen LogP contribution in [0.25, 0.3) is 5.70 Å². The van der Waals surface area contributed by atoms with Crippen LogP contribution in [0.15, 0.2) is 44.3 Å². The molecular weight excluding hydrogens is 451 g/mol. The molecule has 0 saturated carbocycles. The molecule has 7 nitrogen and oxygen atoms in total. The number of halogens is 3. The van der Waals surface area contributed by atoms with E-state index in [1.54, 1.807) is 13.8 Å². The maximum atomic E-state index is 15.1. The first-order valence-electron chi connectivity index (χ1n) is 10.5. The average molecular weight is 473 g/mol. The van der Waals surface area contributed by atoms with Crippen LogP contribution in [-0.4, -0.2) is 21.0 Å². The molecule has 1 aliphatic heterocycles. The van der Waals surface area contributed by atoms with Gasteiger partial charge < -0.3 is 9.84 Å². The Balaban J connectivity index is 1.64. The van der Waals surface area contributed by atoms with E-state index in [4.69, 9.17) is 4.74 Å². The molecule has 178 valence electrons. The largest absolute Gasteiger partial charge is 0.510 e. The molecule has 2 aromatic carbocycles. The molecule has 0 saturated heterocycles. The molecular formula is C24H22F3N3O4. The maximum absolute atomic E-state index is 15.1. The van der Waals surface area contributed by atoms with E-state index >= 15 is 4.39 Å². The lowest BCUT2D eigenvalue weighted by atomic mass is 9.88. The Kier molecular flexibility index (Phi) is 6.32. The summed E-state index contributed by atoms with van der Waals surface area (Å²) in [4.78, 5) is 17.8. The van der Waals surface area contributed by atoms with Crippen LogP contribution in [0.3, 0.4) is 0 Å². The minimum atomic E-state index is -0.735. The zero-order chi connectivity index (χ0) is 24.6. The smallest absolute Gasteiger partial charge is 0.439 e. The molecule has 0 radical (unpaired) electrons. The molecule has 1 unspecified atom stereocenters. The van der Waals surface area contributed by atoms with E-state index in [0.717, 1.165) is 23.8 Å². The van der Waals surface area contributed by atoms with Gasteiger partial charge >= 0.3 is 5.76 Å². The second-order valence-electron chi connectivity index (χ2n) is 8.24. The van der Waals surface area contributed by atoms with Gasteiger partial charge in [-0.1, -0.05) is 12.1 Å². The normalized spacial score (nSPS) is 16.1. The molecule has 0 bridgehead atoms. The van der Waals surface area contributed by atoms with Crippen molar-refractivity contribution in [3.63, 3.8) is 0 Å². The highest BCUT2D eigenvalue weighted by atomic mass is 19.1. The Hall–Kier alpha value is -3.82. The lowest BCUT2D eigenvalue weighted by Crippen LogP contribution is -2.21. The minimum Gasteiger partial charge on any atom is -0.510 e. The molecule has 3 aromatic rings. The van der Waals surface area contributed by atoms with E-state index in [2.05, 4.69) is 19.7 Å². The molecule has 10 heteroatoms. The number of aliphatic imine (C=N–C) groups is 1. The summed E-state index contributed by atoms with van der Waals surface area (Å²) in [6.45, 7) is 5.07. The van der Waals surface area contributed by atoms with Crippen molar-refractivity contribution >= 4 is 11.4 Å². The van der Waals surface area contributed by atoms with Gasteiger partial charge in [0.1, 0.15) is 29.7 Å². The molecule has 1 aromatic heterocycles. The lowest BCUT2D eigenvalue weighted by Gasteiger charge is -2.24. The first-order chi connectivity index (χ1) is 16.1. The SMILES string of the molecule is Cc1cc(OCc2noc(=O)[nH]2)c(F)c(C)c1CC1=NC(c2cc(F)ccc2F)=C(O)CC1C. The van der Waals surface area contributed by atoms with Gasteiger partial charge in [0, 0.05) is 30.0 Å². The maximum Gasteiger partial charge on any atom is 0.439 e. The summed E-state index contributed by atoms with van der Waals surface area (Å²) >= 11 is 0. The molecule has 0 spiro atoms. The zero-order valence-corrected chi connectivity index (χ0v) is 18.7. The fourth-order valence-electron chi connectivity index (χ4n) is 3.92. The van der Waals surface area contributed by atoms with Crippen LogP contribution in [0.1, 0.15) is 41.4 Å². The van der Waals surface area contributed by atoms with E-state index in [-0.39, 0.29) is 54.0 Å². The number of aromatic nitrogens is 2. The molecule has 1 aliphatic rings. The Morgan fingerprint density at radius 1 is 1.24 bits per heavy atom. The number of benzene rings is 2. The van der Waals surface area contributed by atoms with Crippen molar-refractivity contribution in [2.75, 3.05) is 0 Å². The number of aliphatic hydroxyl groups is 1. The van der Waals surface area contributed by atoms with Gasteiger partial charge in [-0.25, -0.2) is 18.0 Å². The number of nitrogens with zero attached hydrogens (tertiary/aromatic N) is 2. The molecule has 4 rings (SSSR count). The fraction of sp³-hybridized carbons (Fsp3) is 0.292. The highest BCUT2D eigenvalue weighted by molar-refractivity contribution is 5.95. The quantitative estimate of drug-likeness (QED) is 0.529. The van der Waals surface area contributed by atoms with Gasteiger partial charge in [-0.3, -0.25) is 14.5 Å². The van der Waals surface area contributed by atoms with Crippen molar-refractivity contribution in [3.05, 3.63) is 86.1 Å². The number of H-pyrrole nitrogens is 1. The van der Waals surface area contributed by atoms with Gasteiger partial charge in [0.15, 0.2) is 17.4 Å². The fourth-order valence-corrected chi connectivity index (χ4v) is 3.92. The number of hydrogen-bond acceptors (Lipinski definition) is 6. The second kappa shape index (κ2) is 9.20. The van der Waals surface area contributed by atoms with Crippen molar-refractivity contribution < 1.29 is 27.5 Å². The van der Waals surface area contributed by atoms with E-state index in [1.165, 1.54) is 6.07 Å². The number of aryl methyl sites for hydroxylation is 1. The van der Waals surface area contributed by atoms with E-state index < -0.39 is 23.2 Å². The molecule has 0 aliphatic carbocycles.